The molecule has 0 fully saturated rings. The van der Waals surface area contributed by atoms with Crippen molar-refractivity contribution in [3.8, 4) is 0 Å². The van der Waals surface area contributed by atoms with Crippen LogP contribution >= 0.6 is 0 Å². The molecule has 0 aliphatic carbocycles. The zero-order valence-electron chi connectivity index (χ0n) is 10.3. The van der Waals surface area contributed by atoms with E-state index in [0.717, 1.165) is 31.9 Å². The van der Waals surface area contributed by atoms with Crippen LogP contribution in [-0.2, 0) is 16.0 Å². The van der Waals surface area contributed by atoms with Gasteiger partial charge in [0.2, 0.25) is 5.76 Å². The van der Waals surface area contributed by atoms with Crippen molar-refractivity contribution in [1.82, 2.24) is 5.32 Å². The lowest BCUT2D eigenvalue weighted by molar-refractivity contribution is 0.0563. The van der Waals surface area contributed by atoms with Crippen molar-refractivity contribution >= 4 is 5.97 Å². The molecular weight excluding hydrogens is 222 g/mol. The van der Waals surface area contributed by atoms with Gasteiger partial charge in [0.1, 0.15) is 5.76 Å². The van der Waals surface area contributed by atoms with Crippen molar-refractivity contribution in [2.75, 3.05) is 26.9 Å². The van der Waals surface area contributed by atoms with Crippen molar-refractivity contribution in [2.45, 2.75) is 19.9 Å². The highest BCUT2D eigenvalue weighted by molar-refractivity contribution is 5.86. The molecule has 1 heterocycles. The highest BCUT2D eigenvalue weighted by Crippen LogP contribution is 2.08. The molecule has 0 saturated heterocycles. The predicted molar refractivity (Wildman–Crippen MR) is 62.9 cm³/mol. The number of carbonyl (C=O) groups excluding carboxylic acids is 1. The lowest BCUT2D eigenvalue weighted by Crippen LogP contribution is -2.16. The minimum atomic E-state index is -0.451. The summed E-state index contributed by atoms with van der Waals surface area (Å²) in [6.07, 6.45) is 0.957. The number of nitrogens with one attached hydrogen (secondary N) is 1. The molecule has 0 spiro atoms. The van der Waals surface area contributed by atoms with E-state index in [-0.39, 0.29) is 5.76 Å². The summed E-state index contributed by atoms with van der Waals surface area (Å²) in [7, 11) is 1.33. The molecule has 0 unspecified atom stereocenters. The number of methoxy groups -OCH3 is 1. The molecule has 5 heteroatoms. The Balaban J connectivity index is 2.19. The van der Waals surface area contributed by atoms with Gasteiger partial charge < -0.3 is 19.2 Å². The van der Waals surface area contributed by atoms with E-state index in [4.69, 9.17) is 9.15 Å². The summed E-state index contributed by atoms with van der Waals surface area (Å²) < 4.78 is 15.1. The summed E-state index contributed by atoms with van der Waals surface area (Å²) in [5, 5.41) is 3.20. The van der Waals surface area contributed by atoms with E-state index in [1.165, 1.54) is 7.11 Å². The summed E-state index contributed by atoms with van der Waals surface area (Å²) in [5.41, 5.74) is 0. The molecule has 0 bridgehead atoms. The van der Waals surface area contributed by atoms with Gasteiger partial charge in [-0.25, -0.2) is 4.79 Å². The Labute approximate surface area is 101 Å². The van der Waals surface area contributed by atoms with Crippen LogP contribution in [0.2, 0.25) is 0 Å². The molecule has 5 nitrogen and oxygen atoms in total. The Morgan fingerprint density at radius 3 is 3.00 bits per heavy atom. The number of furan rings is 1. The SMILES string of the molecule is CCOCCCNCc1ccc(C(=O)OC)o1. The van der Waals surface area contributed by atoms with Crippen molar-refractivity contribution < 1.29 is 18.7 Å². The zero-order valence-corrected chi connectivity index (χ0v) is 10.3. The van der Waals surface area contributed by atoms with Crippen LogP contribution in [0.4, 0.5) is 0 Å². The largest absolute Gasteiger partial charge is 0.463 e. The number of carbonyl (C=O) groups is 1. The van der Waals surface area contributed by atoms with Gasteiger partial charge >= 0.3 is 5.97 Å². The van der Waals surface area contributed by atoms with E-state index >= 15 is 0 Å². The highest BCUT2D eigenvalue weighted by Gasteiger charge is 2.10. The van der Waals surface area contributed by atoms with Gasteiger partial charge in [0, 0.05) is 13.2 Å². The van der Waals surface area contributed by atoms with Crippen LogP contribution in [0.5, 0.6) is 0 Å². The maximum atomic E-state index is 11.1. The van der Waals surface area contributed by atoms with Gasteiger partial charge in [-0.15, -0.1) is 0 Å². The number of esters is 1. The lowest BCUT2D eigenvalue weighted by Gasteiger charge is -2.02. The Morgan fingerprint density at radius 2 is 2.29 bits per heavy atom. The molecule has 0 aromatic carbocycles. The molecule has 17 heavy (non-hydrogen) atoms. The molecule has 0 aliphatic heterocycles. The van der Waals surface area contributed by atoms with Crippen LogP contribution in [0.3, 0.4) is 0 Å². The van der Waals surface area contributed by atoms with E-state index in [1.54, 1.807) is 12.1 Å². The molecule has 1 aromatic heterocycles. The van der Waals surface area contributed by atoms with E-state index in [0.29, 0.717) is 6.54 Å². The van der Waals surface area contributed by atoms with Crippen LogP contribution < -0.4 is 5.32 Å². The van der Waals surface area contributed by atoms with Gasteiger partial charge in [0.25, 0.3) is 0 Å². The molecule has 0 atom stereocenters. The number of rotatable bonds is 8. The molecule has 96 valence electrons. The number of ether oxygens (including phenoxy) is 2. The van der Waals surface area contributed by atoms with E-state index in [1.807, 2.05) is 6.92 Å². The molecule has 0 amide bonds. The van der Waals surface area contributed by atoms with E-state index in [2.05, 4.69) is 10.1 Å². The minimum Gasteiger partial charge on any atom is -0.463 e. The van der Waals surface area contributed by atoms with Crippen LogP contribution in [0.25, 0.3) is 0 Å². The molecule has 0 radical (unpaired) electrons. The first-order valence-electron chi connectivity index (χ1n) is 5.73. The smallest absolute Gasteiger partial charge is 0.373 e. The zero-order chi connectivity index (χ0) is 12.5. The monoisotopic (exact) mass is 241 g/mol. The van der Waals surface area contributed by atoms with Crippen LogP contribution in [-0.4, -0.2) is 32.8 Å². The molecule has 1 aromatic rings. The van der Waals surface area contributed by atoms with Gasteiger partial charge in [-0.1, -0.05) is 0 Å². The minimum absolute atomic E-state index is 0.235. The second-order valence-electron chi connectivity index (χ2n) is 3.48. The average Bonchev–Trinajstić information content (AvgIpc) is 2.81. The highest BCUT2D eigenvalue weighted by atomic mass is 16.5. The summed E-state index contributed by atoms with van der Waals surface area (Å²) in [6.45, 7) is 4.94. The summed E-state index contributed by atoms with van der Waals surface area (Å²) >= 11 is 0. The Hall–Kier alpha value is -1.33. The van der Waals surface area contributed by atoms with Gasteiger partial charge in [0.15, 0.2) is 0 Å². The molecule has 1 rings (SSSR count). The van der Waals surface area contributed by atoms with Gasteiger partial charge in [0.05, 0.1) is 13.7 Å². The lowest BCUT2D eigenvalue weighted by atomic mass is 10.4. The Kier molecular flexibility index (Phi) is 6.35. The third-order valence-electron chi connectivity index (χ3n) is 2.19. The van der Waals surface area contributed by atoms with Crippen LogP contribution in [0.1, 0.15) is 29.7 Å². The number of hydrogen-bond donors (Lipinski definition) is 1. The maximum absolute atomic E-state index is 11.1. The molecular formula is C12H19NO4. The molecule has 1 N–H and O–H groups in total. The maximum Gasteiger partial charge on any atom is 0.373 e. The summed E-state index contributed by atoms with van der Waals surface area (Å²) in [5.74, 6) is 0.507. The molecule has 0 aliphatic rings. The summed E-state index contributed by atoms with van der Waals surface area (Å²) in [4.78, 5) is 11.1. The topological polar surface area (TPSA) is 60.7 Å². The third-order valence-corrected chi connectivity index (χ3v) is 2.19. The van der Waals surface area contributed by atoms with Crippen molar-refractivity contribution in [3.63, 3.8) is 0 Å². The van der Waals surface area contributed by atoms with E-state index in [9.17, 15) is 4.79 Å². The predicted octanol–water partition coefficient (Wildman–Crippen LogP) is 1.58. The van der Waals surface area contributed by atoms with Crippen LogP contribution in [0.15, 0.2) is 16.5 Å². The van der Waals surface area contributed by atoms with Crippen molar-refractivity contribution in [2.24, 2.45) is 0 Å². The van der Waals surface area contributed by atoms with Gasteiger partial charge in [-0.05, 0) is 32.0 Å². The Bertz CT molecular complexity index is 335. The normalized spacial score (nSPS) is 10.5. The first-order valence-corrected chi connectivity index (χ1v) is 5.73. The first kappa shape index (κ1) is 13.7. The molecule has 0 saturated carbocycles. The Morgan fingerprint density at radius 1 is 1.47 bits per heavy atom. The van der Waals surface area contributed by atoms with Gasteiger partial charge in [-0.3, -0.25) is 0 Å². The second kappa shape index (κ2) is 7.86. The quantitative estimate of drug-likeness (QED) is 0.553. The van der Waals surface area contributed by atoms with Crippen LogP contribution in [0, 0.1) is 0 Å². The van der Waals surface area contributed by atoms with Crippen molar-refractivity contribution in [1.29, 1.82) is 0 Å². The number of hydrogen-bond acceptors (Lipinski definition) is 5. The summed E-state index contributed by atoms with van der Waals surface area (Å²) in [6, 6.07) is 3.38. The van der Waals surface area contributed by atoms with Crippen molar-refractivity contribution in [3.05, 3.63) is 23.7 Å². The first-order chi connectivity index (χ1) is 8.27. The van der Waals surface area contributed by atoms with E-state index < -0.39 is 5.97 Å². The fourth-order valence-electron chi connectivity index (χ4n) is 1.34. The third kappa shape index (κ3) is 5.01. The average molecular weight is 241 g/mol. The fourth-order valence-corrected chi connectivity index (χ4v) is 1.34. The fraction of sp³-hybridized carbons (Fsp3) is 0.583. The standard InChI is InChI=1S/C12H19NO4/c1-3-16-8-4-7-13-9-10-5-6-11(17-10)12(14)15-2/h5-6,13H,3-4,7-9H2,1-2H3. The van der Waals surface area contributed by atoms with Gasteiger partial charge in [-0.2, -0.15) is 0 Å². The second-order valence-corrected chi connectivity index (χ2v) is 3.48.